The Morgan fingerprint density at radius 2 is 1.78 bits per heavy atom. The Hall–Kier alpha value is -2.43. The number of halogens is 1. The van der Waals surface area contributed by atoms with Gasteiger partial charge in [0.15, 0.2) is 5.13 Å². The van der Waals surface area contributed by atoms with Gasteiger partial charge in [-0.15, -0.1) is 11.3 Å². The average Bonchev–Trinajstić information content (AvgIpc) is 3.01. The summed E-state index contributed by atoms with van der Waals surface area (Å²) in [6.07, 6.45) is 3.34. The van der Waals surface area contributed by atoms with Crippen LogP contribution >= 0.6 is 22.9 Å². The first-order valence-corrected chi connectivity index (χ1v) is 9.94. The zero-order chi connectivity index (χ0) is 19.4. The predicted octanol–water partition coefficient (Wildman–Crippen LogP) is 6.55. The van der Waals surface area contributed by atoms with Crippen molar-refractivity contribution < 1.29 is 4.79 Å². The molecule has 0 atom stereocenters. The molecule has 0 unspecified atom stereocenters. The van der Waals surface area contributed by atoms with Crippen molar-refractivity contribution in [3.63, 3.8) is 0 Å². The molecular weight excluding hydrogens is 376 g/mol. The highest BCUT2D eigenvalue weighted by Gasteiger charge is 2.11. The maximum absolute atomic E-state index is 12.2. The maximum atomic E-state index is 12.2. The molecule has 1 N–H and O–H groups in total. The molecule has 2 aromatic carbocycles. The van der Waals surface area contributed by atoms with Gasteiger partial charge < -0.3 is 0 Å². The molecule has 1 heterocycles. The molecule has 5 heteroatoms. The molecular formula is C22H21ClN2OS. The zero-order valence-electron chi connectivity index (χ0n) is 15.5. The summed E-state index contributed by atoms with van der Waals surface area (Å²) in [4.78, 5) is 17.8. The third-order valence-corrected chi connectivity index (χ3v) is 5.31. The van der Waals surface area contributed by atoms with E-state index >= 15 is 0 Å². The van der Waals surface area contributed by atoms with Gasteiger partial charge in [-0.3, -0.25) is 10.1 Å². The summed E-state index contributed by atoms with van der Waals surface area (Å²) in [7, 11) is 0. The van der Waals surface area contributed by atoms with Crippen LogP contribution < -0.4 is 5.32 Å². The third-order valence-electron chi connectivity index (χ3n) is 4.17. The molecule has 0 aliphatic rings. The molecule has 3 nitrogen and oxygen atoms in total. The monoisotopic (exact) mass is 396 g/mol. The van der Waals surface area contributed by atoms with Gasteiger partial charge in [0.2, 0.25) is 5.91 Å². The SMILES string of the molecule is Cc1sc(NC(=O)/C=C/c2ccc(C(C)C)cc2)nc1-c1ccc(Cl)cc1. The molecule has 0 spiro atoms. The maximum Gasteiger partial charge on any atom is 0.250 e. The van der Waals surface area contributed by atoms with Crippen LogP contribution in [0.2, 0.25) is 5.02 Å². The minimum absolute atomic E-state index is 0.195. The lowest BCUT2D eigenvalue weighted by molar-refractivity contribution is -0.111. The Kier molecular flexibility index (Phi) is 6.09. The van der Waals surface area contributed by atoms with Gasteiger partial charge in [0.25, 0.3) is 0 Å². The summed E-state index contributed by atoms with van der Waals surface area (Å²) in [5, 5.41) is 4.11. The Balaban J connectivity index is 1.67. The highest BCUT2D eigenvalue weighted by molar-refractivity contribution is 7.16. The number of carbonyl (C=O) groups excluding carboxylic acids is 1. The Labute approximate surface area is 168 Å². The van der Waals surface area contributed by atoms with E-state index in [2.05, 4.69) is 36.3 Å². The molecule has 1 amide bonds. The number of carbonyl (C=O) groups is 1. The number of benzene rings is 2. The van der Waals surface area contributed by atoms with Crippen molar-refractivity contribution in [3.05, 3.63) is 75.6 Å². The lowest BCUT2D eigenvalue weighted by Crippen LogP contribution is -2.07. The summed E-state index contributed by atoms with van der Waals surface area (Å²) >= 11 is 7.40. The van der Waals surface area contributed by atoms with Gasteiger partial charge in [-0.2, -0.15) is 0 Å². The van der Waals surface area contributed by atoms with Crippen LogP contribution in [0.15, 0.2) is 54.6 Å². The van der Waals surface area contributed by atoms with Gasteiger partial charge in [-0.25, -0.2) is 4.98 Å². The molecule has 0 aliphatic heterocycles. The normalized spacial score (nSPS) is 11.3. The topological polar surface area (TPSA) is 42.0 Å². The van der Waals surface area contributed by atoms with E-state index in [0.29, 0.717) is 16.1 Å². The number of thiazole rings is 1. The lowest BCUT2D eigenvalue weighted by atomic mass is 10.0. The molecule has 1 aromatic heterocycles. The number of aryl methyl sites for hydroxylation is 1. The standard InChI is InChI=1S/C22H21ClN2OS/c1-14(2)17-7-4-16(5-8-17)6-13-20(26)24-22-25-21(15(3)27-22)18-9-11-19(23)12-10-18/h4-14H,1-3H3,(H,24,25,26)/b13-6+. The van der Waals surface area contributed by atoms with Crippen LogP contribution in [0.3, 0.4) is 0 Å². The number of nitrogens with one attached hydrogen (secondary N) is 1. The first-order chi connectivity index (χ1) is 12.9. The van der Waals surface area contributed by atoms with E-state index in [-0.39, 0.29) is 5.91 Å². The largest absolute Gasteiger partial charge is 0.298 e. The minimum atomic E-state index is -0.195. The van der Waals surface area contributed by atoms with Crippen LogP contribution in [0.5, 0.6) is 0 Å². The van der Waals surface area contributed by atoms with Crippen LogP contribution in [0.25, 0.3) is 17.3 Å². The van der Waals surface area contributed by atoms with Gasteiger partial charge in [0.05, 0.1) is 5.69 Å². The molecule has 0 saturated heterocycles. The molecule has 0 aliphatic carbocycles. The molecule has 138 valence electrons. The molecule has 27 heavy (non-hydrogen) atoms. The van der Waals surface area contributed by atoms with E-state index < -0.39 is 0 Å². The van der Waals surface area contributed by atoms with Gasteiger partial charge in [0.1, 0.15) is 0 Å². The van der Waals surface area contributed by atoms with E-state index in [1.807, 2.05) is 43.3 Å². The molecule has 0 fully saturated rings. The fourth-order valence-corrected chi connectivity index (χ4v) is 3.60. The summed E-state index contributed by atoms with van der Waals surface area (Å²) in [6, 6.07) is 15.7. The van der Waals surface area contributed by atoms with E-state index in [1.165, 1.54) is 23.0 Å². The number of nitrogens with zero attached hydrogens (tertiary/aromatic N) is 1. The second-order valence-electron chi connectivity index (χ2n) is 6.57. The smallest absolute Gasteiger partial charge is 0.250 e. The minimum Gasteiger partial charge on any atom is -0.298 e. The molecule has 0 bridgehead atoms. The fraction of sp³-hybridized carbons (Fsp3) is 0.182. The third kappa shape index (κ3) is 5.06. The van der Waals surface area contributed by atoms with Crippen molar-refractivity contribution in [2.45, 2.75) is 26.7 Å². The average molecular weight is 397 g/mol. The van der Waals surface area contributed by atoms with Gasteiger partial charge in [0, 0.05) is 21.5 Å². The van der Waals surface area contributed by atoms with Crippen LogP contribution in [0, 0.1) is 6.92 Å². The second kappa shape index (κ2) is 8.51. The van der Waals surface area contributed by atoms with Crippen LogP contribution in [0.1, 0.15) is 35.8 Å². The van der Waals surface area contributed by atoms with Crippen molar-refractivity contribution in [2.24, 2.45) is 0 Å². The predicted molar refractivity (Wildman–Crippen MR) is 115 cm³/mol. The molecule has 0 saturated carbocycles. The summed E-state index contributed by atoms with van der Waals surface area (Å²) < 4.78 is 0. The van der Waals surface area contributed by atoms with E-state index in [9.17, 15) is 4.79 Å². The highest BCUT2D eigenvalue weighted by Crippen LogP contribution is 2.31. The van der Waals surface area contributed by atoms with Gasteiger partial charge in [-0.05, 0) is 42.2 Å². The quantitative estimate of drug-likeness (QED) is 0.497. The van der Waals surface area contributed by atoms with Gasteiger partial charge >= 0.3 is 0 Å². The number of hydrogen-bond donors (Lipinski definition) is 1. The Morgan fingerprint density at radius 3 is 2.41 bits per heavy atom. The summed E-state index contributed by atoms with van der Waals surface area (Å²) in [6.45, 7) is 6.31. The lowest BCUT2D eigenvalue weighted by Gasteiger charge is -2.04. The van der Waals surface area contributed by atoms with Crippen molar-refractivity contribution in [3.8, 4) is 11.3 Å². The fourth-order valence-electron chi connectivity index (χ4n) is 2.64. The van der Waals surface area contributed by atoms with E-state index in [4.69, 9.17) is 11.6 Å². The van der Waals surface area contributed by atoms with E-state index in [0.717, 1.165) is 21.7 Å². The van der Waals surface area contributed by atoms with Gasteiger partial charge in [-0.1, -0.05) is 61.8 Å². The number of rotatable bonds is 5. The van der Waals surface area contributed by atoms with Crippen LogP contribution in [-0.2, 0) is 4.79 Å². The van der Waals surface area contributed by atoms with Crippen molar-refractivity contribution >= 4 is 40.1 Å². The number of amides is 1. The van der Waals surface area contributed by atoms with Crippen molar-refractivity contribution in [1.29, 1.82) is 0 Å². The Morgan fingerprint density at radius 1 is 1.11 bits per heavy atom. The molecule has 3 rings (SSSR count). The second-order valence-corrected chi connectivity index (χ2v) is 8.21. The molecule has 0 radical (unpaired) electrons. The first kappa shape index (κ1) is 19.3. The number of hydrogen-bond acceptors (Lipinski definition) is 3. The molecule has 3 aromatic rings. The van der Waals surface area contributed by atoms with Crippen molar-refractivity contribution in [1.82, 2.24) is 4.98 Å². The van der Waals surface area contributed by atoms with Crippen LogP contribution in [-0.4, -0.2) is 10.9 Å². The van der Waals surface area contributed by atoms with E-state index in [1.54, 1.807) is 6.08 Å². The summed E-state index contributed by atoms with van der Waals surface area (Å²) in [5.74, 6) is 0.300. The summed E-state index contributed by atoms with van der Waals surface area (Å²) in [5.41, 5.74) is 4.12. The number of anilines is 1. The van der Waals surface area contributed by atoms with Crippen molar-refractivity contribution in [2.75, 3.05) is 5.32 Å². The zero-order valence-corrected chi connectivity index (χ0v) is 17.1. The first-order valence-electron chi connectivity index (χ1n) is 8.75. The highest BCUT2D eigenvalue weighted by atomic mass is 35.5. The van der Waals surface area contributed by atoms with Crippen LogP contribution in [0.4, 0.5) is 5.13 Å². The Bertz CT molecular complexity index is 957. The number of aromatic nitrogens is 1.